The number of furan rings is 1. The zero-order valence-electron chi connectivity index (χ0n) is 13.5. The topological polar surface area (TPSA) is 74.0 Å². The van der Waals surface area contributed by atoms with Crippen molar-refractivity contribution in [1.82, 2.24) is 9.80 Å². The summed E-state index contributed by atoms with van der Waals surface area (Å²) in [6, 6.07) is 3.18. The Kier molecular flexibility index (Phi) is 4.71. The summed E-state index contributed by atoms with van der Waals surface area (Å²) in [6.07, 6.45) is 3.46. The molecule has 1 saturated carbocycles. The van der Waals surface area contributed by atoms with E-state index in [0.717, 1.165) is 18.1 Å². The molecule has 0 bridgehead atoms. The second-order valence-electron chi connectivity index (χ2n) is 6.68. The lowest BCUT2D eigenvalue weighted by atomic mass is 9.85. The number of rotatable bonds is 6. The number of carboxylic acids is 1. The fourth-order valence-electron chi connectivity index (χ4n) is 3.39. The molecule has 23 heavy (non-hydrogen) atoms. The summed E-state index contributed by atoms with van der Waals surface area (Å²) in [5.41, 5.74) is 0. The predicted octanol–water partition coefficient (Wildman–Crippen LogP) is 1.88. The molecule has 126 valence electrons. The van der Waals surface area contributed by atoms with Crippen LogP contribution in [-0.2, 0) is 16.1 Å². The highest BCUT2D eigenvalue weighted by molar-refractivity contribution is 5.86. The fourth-order valence-corrected chi connectivity index (χ4v) is 3.39. The third-order valence-corrected chi connectivity index (χ3v) is 4.92. The van der Waals surface area contributed by atoms with Crippen molar-refractivity contribution in [3.63, 3.8) is 0 Å². The van der Waals surface area contributed by atoms with E-state index in [4.69, 9.17) is 4.42 Å². The first-order valence-corrected chi connectivity index (χ1v) is 8.33. The van der Waals surface area contributed by atoms with Gasteiger partial charge in [-0.3, -0.25) is 14.5 Å². The molecule has 0 aromatic carbocycles. The number of carbonyl (C=O) groups is 2. The summed E-state index contributed by atoms with van der Waals surface area (Å²) >= 11 is 0. The lowest BCUT2D eigenvalue weighted by Gasteiger charge is -2.42. The molecule has 1 aliphatic heterocycles. The smallest absolute Gasteiger partial charge is 0.305 e. The monoisotopic (exact) mass is 320 g/mol. The van der Waals surface area contributed by atoms with Crippen LogP contribution in [0.5, 0.6) is 0 Å². The van der Waals surface area contributed by atoms with Crippen LogP contribution in [0.2, 0.25) is 0 Å². The summed E-state index contributed by atoms with van der Waals surface area (Å²) in [6.45, 7) is 4.50. The number of nitrogens with zero attached hydrogens (tertiary/aromatic N) is 2. The molecule has 1 unspecified atom stereocenters. The van der Waals surface area contributed by atoms with Crippen molar-refractivity contribution in [2.45, 2.75) is 45.2 Å². The predicted molar refractivity (Wildman–Crippen MR) is 83.8 cm³/mol. The van der Waals surface area contributed by atoms with Crippen molar-refractivity contribution in [3.8, 4) is 0 Å². The second-order valence-corrected chi connectivity index (χ2v) is 6.68. The van der Waals surface area contributed by atoms with E-state index in [9.17, 15) is 14.7 Å². The van der Waals surface area contributed by atoms with Crippen LogP contribution < -0.4 is 0 Å². The maximum Gasteiger partial charge on any atom is 0.305 e. The molecular formula is C17H24N2O4. The van der Waals surface area contributed by atoms with Gasteiger partial charge in [-0.2, -0.15) is 0 Å². The molecule has 1 amide bonds. The standard InChI is InChI=1S/C17H24N2O4/c1-12-5-6-14(23-12)11-18-7-8-19(10-13-3-2-4-13)17(22)15(18)9-16(20)21/h5-6,13,15H,2-4,7-11H2,1H3,(H,20,21). The highest BCUT2D eigenvalue weighted by Gasteiger charge is 2.37. The summed E-state index contributed by atoms with van der Waals surface area (Å²) in [7, 11) is 0. The lowest BCUT2D eigenvalue weighted by molar-refractivity contribution is -0.150. The molecule has 1 aliphatic carbocycles. The minimum absolute atomic E-state index is 0.0474. The van der Waals surface area contributed by atoms with Gasteiger partial charge in [-0.15, -0.1) is 0 Å². The Labute approximate surface area is 136 Å². The number of amides is 1. The van der Waals surface area contributed by atoms with Gasteiger partial charge in [0.05, 0.1) is 13.0 Å². The largest absolute Gasteiger partial charge is 0.481 e. The van der Waals surface area contributed by atoms with E-state index < -0.39 is 12.0 Å². The minimum atomic E-state index is -0.936. The van der Waals surface area contributed by atoms with E-state index in [1.807, 2.05) is 28.9 Å². The van der Waals surface area contributed by atoms with Gasteiger partial charge in [-0.05, 0) is 37.8 Å². The molecule has 1 aromatic rings. The average Bonchev–Trinajstić information content (AvgIpc) is 2.85. The first-order valence-electron chi connectivity index (χ1n) is 8.33. The van der Waals surface area contributed by atoms with Gasteiger partial charge in [0.2, 0.25) is 5.91 Å². The van der Waals surface area contributed by atoms with Crippen LogP contribution >= 0.6 is 0 Å². The molecule has 1 N–H and O–H groups in total. The van der Waals surface area contributed by atoms with Crippen molar-refractivity contribution >= 4 is 11.9 Å². The SMILES string of the molecule is Cc1ccc(CN2CCN(CC3CCC3)C(=O)C2CC(=O)O)o1. The number of hydrogen-bond acceptors (Lipinski definition) is 4. The van der Waals surface area contributed by atoms with E-state index >= 15 is 0 Å². The van der Waals surface area contributed by atoms with Crippen LogP contribution in [0, 0.1) is 12.8 Å². The highest BCUT2D eigenvalue weighted by atomic mass is 16.4. The normalized spacial score (nSPS) is 23.1. The third kappa shape index (κ3) is 3.75. The molecule has 0 spiro atoms. The number of carbonyl (C=O) groups excluding carboxylic acids is 1. The van der Waals surface area contributed by atoms with Crippen molar-refractivity contribution < 1.29 is 19.1 Å². The molecule has 1 atom stereocenters. The van der Waals surface area contributed by atoms with Crippen LogP contribution in [0.1, 0.15) is 37.2 Å². The molecule has 0 radical (unpaired) electrons. The summed E-state index contributed by atoms with van der Waals surface area (Å²) in [4.78, 5) is 27.7. The number of carboxylic acid groups (broad SMARTS) is 1. The lowest BCUT2D eigenvalue weighted by Crippen LogP contribution is -2.58. The van der Waals surface area contributed by atoms with Crippen LogP contribution in [0.4, 0.5) is 0 Å². The van der Waals surface area contributed by atoms with Gasteiger partial charge in [-0.1, -0.05) is 6.42 Å². The van der Waals surface area contributed by atoms with Gasteiger partial charge in [0.1, 0.15) is 17.6 Å². The van der Waals surface area contributed by atoms with Crippen molar-refractivity contribution in [3.05, 3.63) is 23.7 Å². The van der Waals surface area contributed by atoms with Crippen molar-refractivity contribution in [2.75, 3.05) is 19.6 Å². The molecule has 3 rings (SSSR count). The van der Waals surface area contributed by atoms with E-state index in [1.165, 1.54) is 19.3 Å². The van der Waals surface area contributed by atoms with Gasteiger partial charge in [0.25, 0.3) is 0 Å². The van der Waals surface area contributed by atoms with Crippen LogP contribution in [0.25, 0.3) is 0 Å². The average molecular weight is 320 g/mol. The number of piperazine rings is 1. The Bertz CT molecular complexity index is 579. The van der Waals surface area contributed by atoms with Gasteiger partial charge < -0.3 is 14.4 Å². The molecular weight excluding hydrogens is 296 g/mol. The summed E-state index contributed by atoms with van der Waals surface area (Å²) < 4.78 is 5.58. The molecule has 1 saturated heterocycles. The Balaban J connectivity index is 1.68. The zero-order valence-corrected chi connectivity index (χ0v) is 13.5. The van der Waals surface area contributed by atoms with E-state index in [1.54, 1.807) is 0 Å². The maximum absolute atomic E-state index is 12.7. The Morgan fingerprint density at radius 2 is 2.13 bits per heavy atom. The molecule has 6 heteroatoms. The van der Waals surface area contributed by atoms with Gasteiger partial charge >= 0.3 is 5.97 Å². The van der Waals surface area contributed by atoms with E-state index in [0.29, 0.717) is 25.6 Å². The first-order chi connectivity index (χ1) is 11.0. The highest BCUT2D eigenvalue weighted by Crippen LogP contribution is 2.28. The Morgan fingerprint density at radius 1 is 1.35 bits per heavy atom. The first kappa shape index (κ1) is 16.1. The van der Waals surface area contributed by atoms with Crippen LogP contribution in [-0.4, -0.2) is 52.5 Å². The number of aliphatic carboxylic acids is 1. The van der Waals surface area contributed by atoms with E-state index in [-0.39, 0.29) is 12.3 Å². The van der Waals surface area contributed by atoms with Gasteiger partial charge in [0.15, 0.2) is 0 Å². The molecule has 6 nitrogen and oxygen atoms in total. The fraction of sp³-hybridized carbons (Fsp3) is 0.647. The van der Waals surface area contributed by atoms with E-state index in [2.05, 4.69) is 0 Å². The zero-order chi connectivity index (χ0) is 16.4. The maximum atomic E-state index is 12.7. The van der Waals surface area contributed by atoms with Crippen LogP contribution in [0.15, 0.2) is 16.5 Å². The Hall–Kier alpha value is -1.82. The van der Waals surface area contributed by atoms with Gasteiger partial charge in [-0.25, -0.2) is 0 Å². The van der Waals surface area contributed by atoms with Gasteiger partial charge in [0, 0.05) is 19.6 Å². The quantitative estimate of drug-likeness (QED) is 0.866. The summed E-state index contributed by atoms with van der Waals surface area (Å²) in [5.74, 6) is 1.22. The van der Waals surface area contributed by atoms with Crippen LogP contribution in [0.3, 0.4) is 0 Å². The second kappa shape index (κ2) is 6.74. The molecule has 2 aliphatic rings. The van der Waals surface area contributed by atoms with Crippen molar-refractivity contribution in [2.24, 2.45) is 5.92 Å². The third-order valence-electron chi connectivity index (χ3n) is 4.92. The van der Waals surface area contributed by atoms with Crippen molar-refractivity contribution in [1.29, 1.82) is 0 Å². The molecule has 2 heterocycles. The Morgan fingerprint density at radius 3 is 2.70 bits per heavy atom. The molecule has 1 aromatic heterocycles. The molecule has 2 fully saturated rings. The number of hydrogen-bond donors (Lipinski definition) is 1. The number of aryl methyl sites for hydroxylation is 1. The minimum Gasteiger partial charge on any atom is -0.481 e. The summed E-state index contributed by atoms with van der Waals surface area (Å²) in [5, 5.41) is 9.18.